The largest absolute Gasteiger partial charge is 0.497 e. The van der Waals surface area contributed by atoms with Crippen molar-refractivity contribution in [2.45, 2.75) is 32.7 Å². The van der Waals surface area contributed by atoms with Gasteiger partial charge in [0.15, 0.2) is 0 Å². The van der Waals surface area contributed by atoms with E-state index in [4.69, 9.17) is 9.15 Å². The maximum absolute atomic E-state index is 12.1. The van der Waals surface area contributed by atoms with E-state index in [1.54, 1.807) is 18.2 Å². The molecule has 7 nitrogen and oxygen atoms in total. The van der Waals surface area contributed by atoms with Crippen LogP contribution in [0.1, 0.15) is 26.3 Å². The molecular formula is C18H22N2O5. The second kappa shape index (κ2) is 7.38. The molecule has 0 atom stereocenters. The van der Waals surface area contributed by atoms with Crippen LogP contribution in [0.5, 0.6) is 5.75 Å². The van der Waals surface area contributed by atoms with Crippen molar-refractivity contribution in [1.29, 1.82) is 0 Å². The van der Waals surface area contributed by atoms with E-state index in [2.05, 4.69) is 10.6 Å². The van der Waals surface area contributed by atoms with Crippen LogP contribution in [0.25, 0.3) is 11.0 Å². The number of nitrogens with one attached hydrogen (secondary N) is 2. The quantitative estimate of drug-likeness (QED) is 0.797. The number of rotatable bonds is 5. The fourth-order valence-corrected chi connectivity index (χ4v) is 2.36. The normalized spacial score (nSPS) is 11.2. The first kappa shape index (κ1) is 18.5. The van der Waals surface area contributed by atoms with Gasteiger partial charge in [0.05, 0.1) is 20.1 Å². The summed E-state index contributed by atoms with van der Waals surface area (Å²) in [6.07, 6.45) is -0.0305. The molecule has 1 aromatic carbocycles. The van der Waals surface area contributed by atoms with Gasteiger partial charge in [-0.2, -0.15) is 0 Å². The highest BCUT2D eigenvalue weighted by Gasteiger charge is 2.15. The monoisotopic (exact) mass is 346 g/mol. The second-order valence-corrected chi connectivity index (χ2v) is 6.70. The number of hydrogen-bond donors (Lipinski definition) is 2. The Hall–Kier alpha value is -2.83. The first-order valence-corrected chi connectivity index (χ1v) is 7.86. The molecule has 1 heterocycles. The summed E-state index contributed by atoms with van der Waals surface area (Å²) in [6.45, 7) is 5.45. The Kier molecular flexibility index (Phi) is 5.46. The summed E-state index contributed by atoms with van der Waals surface area (Å²) in [7, 11) is 1.51. The second-order valence-electron chi connectivity index (χ2n) is 6.70. The third-order valence-electron chi connectivity index (χ3n) is 3.35. The van der Waals surface area contributed by atoms with E-state index < -0.39 is 5.63 Å². The van der Waals surface area contributed by atoms with Crippen molar-refractivity contribution in [3.05, 3.63) is 40.2 Å². The van der Waals surface area contributed by atoms with Gasteiger partial charge in [0.1, 0.15) is 11.3 Å². The number of carbonyl (C=O) groups excluding carboxylic acids is 2. The Bertz CT molecular complexity index is 849. The third kappa shape index (κ3) is 5.34. The molecule has 0 fully saturated rings. The van der Waals surface area contributed by atoms with Gasteiger partial charge >= 0.3 is 5.63 Å². The van der Waals surface area contributed by atoms with Gasteiger partial charge in [-0.1, -0.05) is 0 Å². The summed E-state index contributed by atoms with van der Waals surface area (Å²) in [6, 6.07) is 6.32. The number of hydrogen-bond acceptors (Lipinski definition) is 5. The molecule has 0 radical (unpaired) electrons. The molecule has 2 amide bonds. The van der Waals surface area contributed by atoms with Crippen LogP contribution >= 0.6 is 0 Å². The first-order valence-electron chi connectivity index (χ1n) is 7.86. The predicted octanol–water partition coefficient (Wildman–Crippen LogP) is 1.37. The first-order chi connectivity index (χ1) is 11.7. The van der Waals surface area contributed by atoms with Crippen molar-refractivity contribution >= 4 is 22.8 Å². The van der Waals surface area contributed by atoms with Crippen molar-refractivity contribution in [3.8, 4) is 5.75 Å². The van der Waals surface area contributed by atoms with Gasteiger partial charge in [-0.3, -0.25) is 9.59 Å². The van der Waals surface area contributed by atoms with E-state index in [1.807, 2.05) is 20.8 Å². The van der Waals surface area contributed by atoms with Gasteiger partial charge in [0.25, 0.3) is 0 Å². The fraction of sp³-hybridized carbons (Fsp3) is 0.389. The van der Waals surface area contributed by atoms with Crippen LogP contribution in [-0.2, 0) is 16.0 Å². The lowest BCUT2D eigenvalue weighted by atomic mass is 10.1. The van der Waals surface area contributed by atoms with Gasteiger partial charge in [-0.05, 0) is 38.5 Å². The molecular weight excluding hydrogens is 324 g/mol. The molecule has 0 saturated carbocycles. The van der Waals surface area contributed by atoms with E-state index in [-0.39, 0.29) is 30.3 Å². The number of carbonyl (C=O) groups is 2. The lowest BCUT2D eigenvalue weighted by Crippen LogP contribution is -2.46. The van der Waals surface area contributed by atoms with E-state index in [9.17, 15) is 14.4 Å². The minimum Gasteiger partial charge on any atom is -0.497 e. The molecule has 0 spiro atoms. The molecule has 0 unspecified atom stereocenters. The van der Waals surface area contributed by atoms with E-state index >= 15 is 0 Å². The van der Waals surface area contributed by atoms with Crippen LogP contribution in [0.3, 0.4) is 0 Å². The SMILES string of the molecule is COc1ccc2c(CC(=O)NCC(=O)NC(C)(C)C)cc(=O)oc2c1. The van der Waals surface area contributed by atoms with Gasteiger partial charge in [-0.25, -0.2) is 4.79 Å². The number of ether oxygens (including phenoxy) is 1. The molecule has 7 heteroatoms. The van der Waals surface area contributed by atoms with Crippen molar-refractivity contribution < 1.29 is 18.7 Å². The Morgan fingerprint density at radius 3 is 2.52 bits per heavy atom. The predicted molar refractivity (Wildman–Crippen MR) is 93.6 cm³/mol. The highest BCUT2D eigenvalue weighted by atomic mass is 16.5. The highest BCUT2D eigenvalue weighted by molar-refractivity contribution is 5.90. The van der Waals surface area contributed by atoms with Crippen molar-refractivity contribution in [3.63, 3.8) is 0 Å². The molecule has 25 heavy (non-hydrogen) atoms. The molecule has 0 aliphatic carbocycles. The molecule has 0 aliphatic heterocycles. The lowest BCUT2D eigenvalue weighted by molar-refractivity contribution is -0.126. The molecule has 0 aliphatic rings. The van der Waals surface area contributed by atoms with Crippen LogP contribution in [-0.4, -0.2) is 31.0 Å². The lowest BCUT2D eigenvalue weighted by Gasteiger charge is -2.20. The van der Waals surface area contributed by atoms with E-state index in [0.29, 0.717) is 22.3 Å². The standard InChI is InChI=1S/C18H22N2O5/c1-18(2,3)20-16(22)10-19-15(21)7-11-8-17(23)25-14-9-12(24-4)5-6-13(11)14/h5-6,8-9H,7,10H2,1-4H3,(H,19,21)(H,20,22). The Balaban J connectivity index is 2.10. The minimum atomic E-state index is -0.547. The van der Waals surface area contributed by atoms with Gasteiger partial charge in [0, 0.05) is 23.1 Å². The zero-order valence-electron chi connectivity index (χ0n) is 14.8. The zero-order valence-corrected chi connectivity index (χ0v) is 14.8. The average Bonchev–Trinajstić information content (AvgIpc) is 2.50. The Morgan fingerprint density at radius 2 is 1.88 bits per heavy atom. The van der Waals surface area contributed by atoms with Gasteiger partial charge < -0.3 is 19.8 Å². The fourth-order valence-electron chi connectivity index (χ4n) is 2.36. The maximum atomic E-state index is 12.1. The summed E-state index contributed by atoms with van der Waals surface area (Å²) in [5, 5.41) is 5.96. The Labute approximate surface area is 145 Å². The van der Waals surface area contributed by atoms with Gasteiger partial charge in [0.2, 0.25) is 11.8 Å². The molecule has 2 rings (SSSR count). The summed E-state index contributed by atoms with van der Waals surface area (Å²) in [5.41, 5.74) is -0.0353. The molecule has 1 aromatic heterocycles. The topological polar surface area (TPSA) is 97.6 Å². The third-order valence-corrected chi connectivity index (χ3v) is 3.35. The van der Waals surface area contributed by atoms with Crippen LogP contribution in [0.2, 0.25) is 0 Å². The summed E-state index contributed by atoms with van der Waals surface area (Å²) in [4.78, 5) is 35.6. The maximum Gasteiger partial charge on any atom is 0.336 e. The molecule has 2 aromatic rings. The summed E-state index contributed by atoms with van der Waals surface area (Å²) < 4.78 is 10.3. The summed E-state index contributed by atoms with van der Waals surface area (Å²) in [5.74, 6) is -0.0779. The number of fused-ring (bicyclic) bond motifs is 1. The van der Waals surface area contributed by atoms with E-state index in [0.717, 1.165) is 0 Å². The van der Waals surface area contributed by atoms with Crippen LogP contribution in [0, 0.1) is 0 Å². The Morgan fingerprint density at radius 1 is 1.16 bits per heavy atom. The van der Waals surface area contributed by atoms with Gasteiger partial charge in [-0.15, -0.1) is 0 Å². The number of methoxy groups -OCH3 is 1. The molecule has 134 valence electrons. The summed E-state index contributed by atoms with van der Waals surface area (Å²) >= 11 is 0. The van der Waals surface area contributed by atoms with Crippen molar-refractivity contribution in [2.75, 3.05) is 13.7 Å². The average molecular weight is 346 g/mol. The van der Waals surface area contributed by atoms with E-state index in [1.165, 1.54) is 13.2 Å². The smallest absolute Gasteiger partial charge is 0.336 e. The number of benzene rings is 1. The molecule has 0 bridgehead atoms. The van der Waals surface area contributed by atoms with Crippen molar-refractivity contribution in [2.24, 2.45) is 0 Å². The van der Waals surface area contributed by atoms with Crippen molar-refractivity contribution in [1.82, 2.24) is 10.6 Å². The van der Waals surface area contributed by atoms with Crippen LogP contribution < -0.4 is 21.0 Å². The van der Waals surface area contributed by atoms with Crippen LogP contribution in [0.4, 0.5) is 0 Å². The van der Waals surface area contributed by atoms with Crippen LogP contribution in [0.15, 0.2) is 33.5 Å². The zero-order chi connectivity index (χ0) is 18.6. The number of amides is 2. The highest BCUT2D eigenvalue weighted by Crippen LogP contribution is 2.22. The minimum absolute atomic E-state index is 0.0305. The molecule has 0 saturated heterocycles. The molecule has 2 N–H and O–H groups in total.